The molecule has 2 heterocycles. The number of amides is 2. The molecule has 0 saturated carbocycles. The van der Waals surface area contributed by atoms with E-state index < -0.39 is 41.1 Å². The summed E-state index contributed by atoms with van der Waals surface area (Å²) in [5.41, 5.74) is 1.03. The van der Waals surface area contributed by atoms with Gasteiger partial charge in [0, 0.05) is 34.8 Å². The average Bonchev–Trinajstić information content (AvgIpc) is 3.38. The van der Waals surface area contributed by atoms with Crippen molar-refractivity contribution in [2.45, 2.75) is 63.5 Å². The minimum Gasteiger partial charge on any atom is -0.481 e. The fourth-order valence-electron chi connectivity index (χ4n) is 6.38. The Morgan fingerprint density at radius 3 is 2.45 bits per heavy atom. The summed E-state index contributed by atoms with van der Waals surface area (Å²) in [5.74, 6) is -3.32. The molecule has 4 N–H and O–H groups in total. The Hall–Kier alpha value is -3.46. The molecule has 3 aromatic carbocycles. The lowest BCUT2D eigenvalue weighted by Gasteiger charge is -2.37. The van der Waals surface area contributed by atoms with E-state index >= 15 is 4.39 Å². The second-order valence-electron chi connectivity index (χ2n) is 12.2. The van der Waals surface area contributed by atoms with Gasteiger partial charge in [-0.1, -0.05) is 74.3 Å². The van der Waals surface area contributed by atoms with Crippen LogP contribution in [0.3, 0.4) is 0 Å². The first-order valence-electron chi connectivity index (χ1n) is 13.7. The fraction of sp³-hybridized carbons (Fsp3) is 0.344. The minimum atomic E-state index is -1.35. The number of carbonyl (C=O) groups excluding carboxylic acids is 2. The first-order chi connectivity index (χ1) is 19.8. The van der Waals surface area contributed by atoms with Crippen LogP contribution in [-0.2, 0) is 26.2 Å². The number of hydrogen-bond donors (Lipinski definition) is 4. The third-order valence-electron chi connectivity index (χ3n) is 8.07. The molecule has 4 atom stereocenters. The van der Waals surface area contributed by atoms with Crippen molar-refractivity contribution in [3.8, 4) is 0 Å². The van der Waals surface area contributed by atoms with Crippen LogP contribution in [0.25, 0.3) is 0 Å². The Morgan fingerprint density at radius 1 is 1.07 bits per heavy atom. The molecule has 0 aliphatic carbocycles. The molecule has 2 aliphatic heterocycles. The number of nitrogens with one attached hydrogen (secondary N) is 3. The number of carboxylic acids is 1. The number of hydrogen-bond acceptors (Lipinski definition) is 4. The molecule has 0 radical (unpaired) electrons. The lowest BCUT2D eigenvalue weighted by molar-refractivity contribution is -0.137. The van der Waals surface area contributed by atoms with E-state index in [0.29, 0.717) is 34.8 Å². The van der Waals surface area contributed by atoms with Crippen LogP contribution in [0.15, 0.2) is 60.7 Å². The third kappa shape index (κ3) is 5.51. The van der Waals surface area contributed by atoms with Crippen LogP contribution >= 0.6 is 23.2 Å². The van der Waals surface area contributed by atoms with Crippen LogP contribution in [-0.4, -0.2) is 35.0 Å². The number of fused-ring (bicyclic) bond motifs is 2. The first-order valence-corrected chi connectivity index (χ1v) is 14.5. The Kier molecular flexibility index (Phi) is 8.09. The third-order valence-corrected chi connectivity index (χ3v) is 8.60. The zero-order valence-electron chi connectivity index (χ0n) is 23.4. The number of rotatable bonds is 7. The molecule has 2 aliphatic rings. The molecule has 10 heteroatoms. The molecular weight excluding hydrogens is 580 g/mol. The van der Waals surface area contributed by atoms with E-state index in [0.717, 1.165) is 5.56 Å². The first kappa shape index (κ1) is 30.0. The molecule has 42 heavy (non-hydrogen) atoms. The van der Waals surface area contributed by atoms with Crippen LogP contribution in [0.1, 0.15) is 56.2 Å². The molecule has 7 nitrogen and oxygen atoms in total. The molecule has 5 rings (SSSR count). The van der Waals surface area contributed by atoms with E-state index in [1.54, 1.807) is 54.6 Å². The van der Waals surface area contributed by atoms with Crippen LogP contribution in [0.5, 0.6) is 0 Å². The number of carboxylic acid groups (broad SMARTS) is 1. The molecule has 1 spiro atoms. The van der Waals surface area contributed by atoms with Crippen LogP contribution in [0, 0.1) is 11.2 Å². The van der Waals surface area contributed by atoms with Crippen molar-refractivity contribution in [3.63, 3.8) is 0 Å². The minimum absolute atomic E-state index is 0.00340. The molecule has 3 aromatic rings. The summed E-state index contributed by atoms with van der Waals surface area (Å²) in [6.45, 7) is 6.14. The zero-order valence-corrected chi connectivity index (χ0v) is 24.9. The van der Waals surface area contributed by atoms with E-state index in [9.17, 15) is 14.4 Å². The summed E-state index contributed by atoms with van der Waals surface area (Å²) >= 11 is 12.5. The quantitative estimate of drug-likeness (QED) is 0.243. The largest absolute Gasteiger partial charge is 0.481 e. The summed E-state index contributed by atoms with van der Waals surface area (Å²) in [4.78, 5) is 39.2. The predicted molar refractivity (Wildman–Crippen MR) is 162 cm³/mol. The Morgan fingerprint density at radius 2 is 1.79 bits per heavy atom. The molecular formula is C32H32Cl2FN3O4. The highest BCUT2D eigenvalue weighted by Gasteiger charge is 2.66. The summed E-state index contributed by atoms with van der Waals surface area (Å²) in [6, 6.07) is 15.1. The highest BCUT2D eigenvalue weighted by atomic mass is 35.5. The SMILES string of the molecule is CC(C)(C)C[C@H]1N[C@H](C(=O)Nc2ccc(CCC(=O)O)cc2)[C@@H](c2cccc(Cl)c2F)C12C(=O)Nc1cc(Cl)ccc12. The Labute approximate surface area is 253 Å². The van der Waals surface area contributed by atoms with Crippen molar-refractivity contribution in [1.29, 1.82) is 0 Å². The number of aryl methyl sites for hydroxylation is 1. The van der Waals surface area contributed by atoms with E-state index in [1.807, 2.05) is 20.8 Å². The maximum atomic E-state index is 15.9. The number of anilines is 2. The molecule has 220 valence electrons. The average molecular weight is 613 g/mol. The molecule has 0 aromatic heterocycles. The van der Waals surface area contributed by atoms with Crippen LogP contribution in [0.4, 0.5) is 15.8 Å². The lowest BCUT2D eigenvalue weighted by Crippen LogP contribution is -2.49. The van der Waals surface area contributed by atoms with Crippen molar-refractivity contribution in [1.82, 2.24) is 5.32 Å². The van der Waals surface area contributed by atoms with E-state index in [1.165, 1.54) is 6.07 Å². The van der Waals surface area contributed by atoms with Crippen molar-refractivity contribution in [2.75, 3.05) is 10.6 Å². The highest BCUT2D eigenvalue weighted by Crippen LogP contribution is 2.57. The van der Waals surface area contributed by atoms with E-state index in [-0.39, 0.29) is 28.3 Å². The standard InChI is InChI=1S/C32H32Cl2FN3O4/c1-31(2,3)16-24-32(21-13-10-18(33)15-23(21)37-30(32)42)26(20-5-4-6-22(34)27(20)35)28(38-24)29(41)36-19-11-7-17(8-12-19)9-14-25(39)40/h4-8,10-13,15,24,26,28,38H,9,14,16H2,1-3H3,(H,36,41)(H,37,42)(H,39,40)/t24-,26-,28+,32?/m1/s1. The van der Waals surface area contributed by atoms with Crippen molar-refractivity contribution >= 4 is 52.4 Å². The molecule has 1 saturated heterocycles. The number of halogens is 3. The van der Waals surface area contributed by atoms with Gasteiger partial charge >= 0.3 is 5.97 Å². The topological polar surface area (TPSA) is 108 Å². The van der Waals surface area contributed by atoms with Gasteiger partial charge in [0.25, 0.3) is 0 Å². The van der Waals surface area contributed by atoms with Gasteiger partial charge in [-0.05, 0) is 65.3 Å². The fourth-order valence-corrected chi connectivity index (χ4v) is 6.73. The van der Waals surface area contributed by atoms with Gasteiger partial charge in [0.05, 0.1) is 11.1 Å². The molecule has 1 fully saturated rings. The second-order valence-corrected chi connectivity index (χ2v) is 13.0. The zero-order chi connectivity index (χ0) is 30.4. The second kappa shape index (κ2) is 11.3. The van der Waals surface area contributed by atoms with Crippen LogP contribution in [0.2, 0.25) is 10.0 Å². The van der Waals surface area contributed by atoms with Crippen molar-refractivity contribution in [3.05, 3.63) is 93.2 Å². The van der Waals surface area contributed by atoms with E-state index in [4.69, 9.17) is 28.3 Å². The van der Waals surface area contributed by atoms with E-state index in [2.05, 4.69) is 16.0 Å². The van der Waals surface area contributed by atoms with Gasteiger partial charge in [0.15, 0.2) is 0 Å². The van der Waals surface area contributed by atoms with Gasteiger partial charge < -0.3 is 21.1 Å². The van der Waals surface area contributed by atoms with Crippen LogP contribution < -0.4 is 16.0 Å². The Bertz CT molecular complexity index is 1560. The van der Waals surface area contributed by atoms with Gasteiger partial charge in [-0.25, -0.2) is 4.39 Å². The van der Waals surface area contributed by atoms with Gasteiger partial charge in [0.2, 0.25) is 11.8 Å². The lowest BCUT2D eigenvalue weighted by atomic mass is 9.62. The van der Waals surface area contributed by atoms with Gasteiger partial charge in [-0.15, -0.1) is 0 Å². The summed E-state index contributed by atoms with van der Waals surface area (Å²) in [7, 11) is 0. The van der Waals surface area contributed by atoms with Gasteiger partial charge in [-0.2, -0.15) is 0 Å². The summed E-state index contributed by atoms with van der Waals surface area (Å²) < 4.78 is 15.9. The maximum absolute atomic E-state index is 15.9. The van der Waals surface area contributed by atoms with Gasteiger partial charge in [-0.3, -0.25) is 14.4 Å². The van der Waals surface area contributed by atoms with Gasteiger partial charge in [0.1, 0.15) is 11.2 Å². The highest BCUT2D eigenvalue weighted by molar-refractivity contribution is 6.31. The number of carbonyl (C=O) groups is 3. The summed E-state index contributed by atoms with van der Waals surface area (Å²) in [6.07, 6.45) is 0.860. The molecule has 1 unspecified atom stereocenters. The van der Waals surface area contributed by atoms with Crippen molar-refractivity contribution < 1.29 is 23.9 Å². The maximum Gasteiger partial charge on any atom is 0.303 e. The molecule has 0 bridgehead atoms. The number of aliphatic carboxylic acids is 1. The predicted octanol–water partition coefficient (Wildman–Crippen LogP) is 6.54. The normalized spacial score (nSPS) is 23.1. The Balaban J connectivity index is 1.62. The molecule has 2 amide bonds. The monoisotopic (exact) mass is 611 g/mol. The summed E-state index contributed by atoms with van der Waals surface area (Å²) in [5, 5.41) is 18.6. The number of benzene rings is 3. The van der Waals surface area contributed by atoms with Crippen molar-refractivity contribution in [2.24, 2.45) is 5.41 Å². The smallest absolute Gasteiger partial charge is 0.303 e.